The lowest BCUT2D eigenvalue weighted by Gasteiger charge is -2.28. The summed E-state index contributed by atoms with van der Waals surface area (Å²) < 4.78 is 0. The second kappa shape index (κ2) is 5.70. The number of nitrogens with zero attached hydrogens (tertiary/aromatic N) is 2. The molecule has 18 heavy (non-hydrogen) atoms. The topological polar surface area (TPSA) is 28.2 Å². The normalized spacial score (nSPS) is 16.9. The predicted molar refractivity (Wildman–Crippen MR) is 76.9 cm³/mol. The highest BCUT2D eigenvalue weighted by atomic mass is 15.2. The zero-order valence-electron chi connectivity index (χ0n) is 11.9. The summed E-state index contributed by atoms with van der Waals surface area (Å²) in [7, 11) is 0. The van der Waals surface area contributed by atoms with Crippen molar-refractivity contribution < 1.29 is 0 Å². The molecular formula is C15H25N3. The molecule has 3 nitrogen and oxygen atoms in total. The molecule has 3 heteroatoms. The molecule has 1 aromatic heterocycles. The second-order valence-corrected chi connectivity index (χ2v) is 6.14. The fraction of sp³-hybridized carbons (Fsp3) is 0.667. The molecule has 1 aromatic rings. The van der Waals surface area contributed by atoms with E-state index >= 15 is 0 Å². The first kappa shape index (κ1) is 13.3. The smallest absolute Gasteiger partial charge is 0.128 e. The van der Waals surface area contributed by atoms with Gasteiger partial charge in [-0.05, 0) is 52.2 Å². The number of hydrogen-bond donors (Lipinski definition) is 1. The molecule has 2 rings (SSSR count). The Morgan fingerprint density at radius 3 is 2.56 bits per heavy atom. The molecule has 0 amide bonds. The first-order valence-corrected chi connectivity index (χ1v) is 7.00. The number of pyridine rings is 1. The van der Waals surface area contributed by atoms with E-state index in [2.05, 4.69) is 49.2 Å². The summed E-state index contributed by atoms with van der Waals surface area (Å²) >= 11 is 0. The van der Waals surface area contributed by atoms with Gasteiger partial charge >= 0.3 is 0 Å². The van der Waals surface area contributed by atoms with Gasteiger partial charge in [0, 0.05) is 25.2 Å². The van der Waals surface area contributed by atoms with Crippen LogP contribution in [-0.2, 0) is 6.54 Å². The van der Waals surface area contributed by atoms with Crippen molar-refractivity contribution in [2.24, 2.45) is 0 Å². The van der Waals surface area contributed by atoms with Crippen LogP contribution in [0.3, 0.4) is 0 Å². The molecule has 0 spiro atoms. The van der Waals surface area contributed by atoms with Gasteiger partial charge in [-0.1, -0.05) is 6.07 Å². The summed E-state index contributed by atoms with van der Waals surface area (Å²) in [6, 6.07) is 6.36. The van der Waals surface area contributed by atoms with Crippen molar-refractivity contribution in [3.63, 3.8) is 0 Å². The second-order valence-electron chi connectivity index (χ2n) is 6.14. The van der Waals surface area contributed by atoms with E-state index in [4.69, 9.17) is 4.98 Å². The van der Waals surface area contributed by atoms with Gasteiger partial charge in [0.15, 0.2) is 0 Å². The Labute approximate surface area is 111 Å². The van der Waals surface area contributed by atoms with E-state index in [0.29, 0.717) is 0 Å². The molecule has 0 bridgehead atoms. The van der Waals surface area contributed by atoms with Crippen molar-refractivity contribution in [2.75, 3.05) is 18.0 Å². The Morgan fingerprint density at radius 1 is 1.17 bits per heavy atom. The number of hydrogen-bond acceptors (Lipinski definition) is 3. The molecule has 100 valence electrons. The summed E-state index contributed by atoms with van der Waals surface area (Å²) in [5.41, 5.74) is 1.27. The standard InChI is InChI=1S/C15H25N3/c1-15(2,3)16-12-13-8-7-9-14(17-13)18-10-5-4-6-11-18/h7-9,16H,4-6,10-12H2,1-3H3. The lowest BCUT2D eigenvalue weighted by molar-refractivity contribution is 0.421. The largest absolute Gasteiger partial charge is 0.357 e. The first-order chi connectivity index (χ1) is 8.54. The quantitative estimate of drug-likeness (QED) is 0.890. The zero-order chi connectivity index (χ0) is 13.0. The highest BCUT2D eigenvalue weighted by Gasteiger charge is 2.13. The van der Waals surface area contributed by atoms with E-state index in [9.17, 15) is 0 Å². The maximum Gasteiger partial charge on any atom is 0.128 e. The predicted octanol–water partition coefficient (Wildman–Crippen LogP) is 2.96. The Balaban J connectivity index is 2.00. The lowest BCUT2D eigenvalue weighted by atomic mass is 10.1. The summed E-state index contributed by atoms with van der Waals surface area (Å²) in [5, 5.41) is 3.49. The van der Waals surface area contributed by atoms with Gasteiger partial charge in [0.2, 0.25) is 0 Å². The summed E-state index contributed by atoms with van der Waals surface area (Å²) in [5.74, 6) is 1.14. The number of anilines is 1. The van der Waals surface area contributed by atoms with E-state index < -0.39 is 0 Å². The molecule has 1 N–H and O–H groups in total. The maximum absolute atomic E-state index is 4.76. The van der Waals surface area contributed by atoms with Crippen LogP contribution in [0.25, 0.3) is 0 Å². The molecule has 0 unspecified atom stereocenters. The Bertz CT molecular complexity index is 376. The summed E-state index contributed by atoms with van der Waals surface area (Å²) in [6.45, 7) is 9.70. The number of piperidine rings is 1. The van der Waals surface area contributed by atoms with Crippen LogP contribution in [-0.4, -0.2) is 23.6 Å². The number of rotatable bonds is 3. The molecule has 0 saturated carbocycles. The molecule has 0 aliphatic carbocycles. The molecule has 1 fully saturated rings. The minimum atomic E-state index is 0.142. The average molecular weight is 247 g/mol. The molecule has 2 heterocycles. The lowest BCUT2D eigenvalue weighted by Crippen LogP contribution is -2.35. The van der Waals surface area contributed by atoms with Crippen LogP contribution in [0.5, 0.6) is 0 Å². The van der Waals surface area contributed by atoms with Crippen LogP contribution in [0.15, 0.2) is 18.2 Å². The SMILES string of the molecule is CC(C)(C)NCc1cccc(N2CCCCC2)n1. The number of nitrogens with one attached hydrogen (secondary N) is 1. The van der Waals surface area contributed by atoms with Crippen LogP contribution in [0, 0.1) is 0 Å². The van der Waals surface area contributed by atoms with Crippen LogP contribution < -0.4 is 10.2 Å². The van der Waals surface area contributed by atoms with Crippen molar-refractivity contribution in [1.82, 2.24) is 10.3 Å². The Kier molecular flexibility index (Phi) is 4.23. The zero-order valence-corrected chi connectivity index (χ0v) is 11.9. The molecule has 1 aliphatic heterocycles. The van der Waals surface area contributed by atoms with Crippen molar-refractivity contribution in [1.29, 1.82) is 0 Å². The van der Waals surface area contributed by atoms with Gasteiger partial charge in [0.1, 0.15) is 5.82 Å². The van der Waals surface area contributed by atoms with Gasteiger partial charge in [-0.3, -0.25) is 0 Å². The maximum atomic E-state index is 4.76. The van der Waals surface area contributed by atoms with E-state index in [1.807, 2.05) is 0 Å². The van der Waals surface area contributed by atoms with Gasteiger partial charge < -0.3 is 10.2 Å². The Hall–Kier alpha value is -1.09. The third-order valence-electron chi connectivity index (χ3n) is 3.27. The first-order valence-electron chi connectivity index (χ1n) is 7.00. The fourth-order valence-corrected chi connectivity index (χ4v) is 2.22. The van der Waals surface area contributed by atoms with Crippen molar-refractivity contribution in [3.8, 4) is 0 Å². The van der Waals surface area contributed by atoms with Gasteiger partial charge in [0.05, 0.1) is 5.69 Å². The van der Waals surface area contributed by atoms with Crippen LogP contribution >= 0.6 is 0 Å². The van der Waals surface area contributed by atoms with Crippen molar-refractivity contribution in [2.45, 2.75) is 52.1 Å². The molecule has 0 atom stereocenters. The summed E-state index contributed by atoms with van der Waals surface area (Å²) in [4.78, 5) is 7.17. The van der Waals surface area contributed by atoms with Gasteiger partial charge in [-0.25, -0.2) is 4.98 Å². The third-order valence-corrected chi connectivity index (χ3v) is 3.27. The van der Waals surface area contributed by atoms with Crippen LogP contribution in [0.1, 0.15) is 45.7 Å². The molecule has 0 aromatic carbocycles. The van der Waals surface area contributed by atoms with E-state index in [1.54, 1.807) is 0 Å². The van der Waals surface area contributed by atoms with E-state index in [-0.39, 0.29) is 5.54 Å². The molecule has 0 radical (unpaired) electrons. The summed E-state index contributed by atoms with van der Waals surface area (Å²) in [6.07, 6.45) is 3.96. The minimum Gasteiger partial charge on any atom is -0.357 e. The number of aromatic nitrogens is 1. The highest BCUT2D eigenvalue weighted by molar-refractivity contribution is 5.39. The molecule has 1 saturated heterocycles. The third kappa shape index (κ3) is 3.98. The molecular weight excluding hydrogens is 222 g/mol. The fourth-order valence-electron chi connectivity index (χ4n) is 2.22. The highest BCUT2D eigenvalue weighted by Crippen LogP contribution is 2.17. The van der Waals surface area contributed by atoms with Gasteiger partial charge in [-0.2, -0.15) is 0 Å². The minimum absolute atomic E-state index is 0.142. The van der Waals surface area contributed by atoms with Crippen molar-refractivity contribution in [3.05, 3.63) is 23.9 Å². The van der Waals surface area contributed by atoms with Gasteiger partial charge in [0.25, 0.3) is 0 Å². The monoisotopic (exact) mass is 247 g/mol. The van der Waals surface area contributed by atoms with Crippen molar-refractivity contribution >= 4 is 5.82 Å². The van der Waals surface area contributed by atoms with E-state index in [0.717, 1.165) is 31.1 Å². The van der Waals surface area contributed by atoms with E-state index in [1.165, 1.54) is 19.3 Å². The molecule has 1 aliphatic rings. The Morgan fingerprint density at radius 2 is 1.89 bits per heavy atom. The van der Waals surface area contributed by atoms with Crippen LogP contribution in [0.2, 0.25) is 0 Å². The van der Waals surface area contributed by atoms with Crippen LogP contribution in [0.4, 0.5) is 5.82 Å². The van der Waals surface area contributed by atoms with Gasteiger partial charge in [-0.15, -0.1) is 0 Å². The average Bonchev–Trinajstić information content (AvgIpc) is 2.37.